The van der Waals surface area contributed by atoms with Gasteiger partial charge in [-0.25, -0.2) is 4.98 Å². The van der Waals surface area contributed by atoms with Crippen LogP contribution in [0.3, 0.4) is 0 Å². The lowest BCUT2D eigenvalue weighted by atomic mass is 9.77. The Balaban J connectivity index is 2.39. The second-order valence-corrected chi connectivity index (χ2v) is 4.76. The van der Waals surface area contributed by atoms with Gasteiger partial charge in [-0.15, -0.1) is 0 Å². The molecule has 1 saturated carbocycles. The highest BCUT2D eigenvalue weighted by Gasteiger charge is 2.39. The van der Waals surface area contributed by atoms with E-state index in [0.717, 1.165) is 6.42 Å². The number of hydrogen-bond donors (Lipinski definition) is 2. The fourth-order valence-electron chi connectivity index (χ4n) is 2.06. The van der Waals surface area contributed by atoms with E-state index in [2.05, 4.69) is 10.3 Å². The third-order valence-corrected chi connectivity index (χ3v) is 3.38. The molecule has 2 N–H and O–H groups in total. The van der Waals surface area contributed by atoms with Crippen molar-refractivity contribution in [1.82, 2.24) is 4.98 Å². The fourth-order valence-corrected chi connectivity index (χ4v) is 2.06. The number of halogens is 3. The van der Waals surface area contributed by atoms with E-state index in [0.29, 0.717) is 25.1 Å². The summed E-state index contributed by atoms with van der Waals surface area (Å²) in [5, 5.41) is 22.8. The first kappa shape index (κ1) is 14.5. The number of nitro groups is 1. The van der Waals surface area contributed by atoms with E-state index < -0.39 is 28.0 Å². The Morgan fingerprint density at radius 2 is 2.15 bits per heavy atom. The zero-order valence-corrected chi connectivity index (χ0v) is 10.3. The highest BCUT2D eigenvalue weighted by molar-refractivity contribution is 5.62. The fraction of sp³-hybridized carbons (Fsp3) is 0.545. The van der Waals surface area contributed by atoms with Crippen LogP contribution < -0.4 is 5.32 Å². The largest absolute Gasteiger partial charge is 0.433 e. The molecular weight excluding hydrogens is 279 g/mol. The molecule has 1 aliphatic carbocycles. The van der Waals surface area contributed by atoms with Gasteiger partial charge in [-0.05, 0) is 25.3 Å². The van der Waals surface area contributed by atoms with Crippen LogP contribution >= 0.6 is 0 Å². The molecule has 6 nitrogen and oxygen atoms in total. The molecule has 110 valence electrons. The highest BCUT2D eigenvalue weighted by atomic mass is 19.4. The lowest BCUT2D eigenvalue weighted by molar-refractivity contribution is -0.384. The van der Waals surface area contributed by atoms with Gasteiger partial charge in [-0.1, -0.05) is 0 Å². The van der Waals surface area contributed by atoms with Gasteiger partial charge in [0.15, 0.2) is 0 Å². The number of nitrogens with zero attached hydrogens (tertiary/aromatic N) is 2. The molecule has 0 atom stereocenters. The second kappa shape index (κ2) is 4.89. The number of aromatic nitrogens is 1. The molecule has 1 fully saturated rings. The summed E-state index contributed by atoms with van der Waals surface area (Å²) in [6.07, 6.45) is -2.21. The third kappa shape index (κ3) is 2.67. The maximum Gasteiger partial charge on any atom is 0.433 e. The summed E-state index contributed by atoms with van der Waals surface area (Å²) in [5.74, 6) is 0. The van der Waals surface area contributed by atoms with Crippen molar-refractivity contribution in [3.05, 3.63) is 28.1 Å². The van der Waals surface area contributed by atoms with Gasteiger partial charge in [0.25, 0.3) is 0 Å². The Labute approximate surface area is 111 Å². The minimum Gasteiger partial charge on any atom is -0.394 e. The molecule has 9 heteroatoms. The molecule has 0 saturated heterocycles. The molecule has 0 aliphatic heterocycles. The van der Waals surface area contributed by atoms with Crippen LogP contribution in [0.5, 0.6) is 0 Å². The topological polar surface area (TPSA) is 88.3 Å². The number of aliphatic hydroxyl groups excluding tert-OH is 1. The van der Waals surface area contributed by atoms with Crippen LogP contribution in [0, 0.1) is 10.1 Å². The number of aliphatic hydroxyl groups is 1. The molecule has 0 bridgehead atoms. The van der Waals surface area contributed by atoms with E-state index >= 15 is 0 Å². The molecule has 1 heterocycles. The predicted molar refractivity (Wildman–Crippen MR) is 63.2 cm³/mol. The molecule has 0 spiro atoms. The van der Waals surface area contributed by atoms with E-state index in [1.807, 2.05) is 0 Å². The molecule has 0 aromatic carbocycles. The Morgan fingerprint density at radius 3 is 2.55 bits per heavy atom. The SMILES string of the molecule is O=[N+]([O-])c1cnc(C(F)(F)F)cc1NC1(CO)CCC1. The maximum absolute atomic E-state index is 12.6. The Morgan fingerprint density at radius 1 is 1.50 bits per heavy atom. The zero-order valence-electron chi connectivity index (χ0n) is 10.3. The molecule has 1 aliphatic rings. The summed E-state index contributed by atoms with van der Waals surface area (Å²) >= 11 is 0. The predicted octanol–water partition coefficient (Wildman–Crippen LogP) is 2.34. The van der Waals surface area contributed by atoms with Crippen LogP contribution in [0.15, 0.2) is 12.3 Å². The number of nitrogens with one attached hydrogen (secondary N) is 1. The van der Waals surface area contributed by atoms with Gasteiger partial charge in [0.1, 0.15) is 17.6 Å². The number of rotatable bonds is 4. The number of hydrogen-bond acceptors (Lipinski definition) is 5. The monoisotopic (exact) mass is 291 g/mol. The van der Waals surface area contributed by atoms with Crippen molar-refractivity contribution in [2.75, 3.05) is 11.9 Å². The molecule has 0 radical (unpaired) electrons. The van der Waals surface area contributed by atoms with Crippen molar-refractivity contribution in [3.63, 3.8) is 0 Å². The Hall–Kier alpha value is -1.90. The van der Waals surface area contributed by atoms with Crippen LogP contribution in [-0.4, -0.2) is 27.2 Å². The van der Waals surface area contributed by atoms with Gasteiger partial charge in [0.05, 0.1) is 17.1 Å². The molecular formula is C11H12F3N3O3. The van der Waals surface area contributed by atoms with Gasteiger partial charge in [0.2, 0.25) is 0 Å². The van der Waals surface area contributed by atoms with Gasteiger partial charge >= 0.3 is 11.9 Å². The lowest BCUT2D eigenvalue weighted by Gasteiger charge is -2.41. The van der Waals surface area contributed by atoms with Gasteiger partial charge in [0, 0.05) is 0 Å². The summed E-state index contributed by atoms with van der Waals surface area (Å²) in [5.41, 5.74) is -2.81. The van der Waals surface area contributed by atoms with Gasteiger partial charge in [-0.3, -0.25) is 10.1 Å². The summed E-state index contributed by atoms with van der Waals surface area (Å²) in [6, 6.07) is 0.605. The highest BCUT2D eigenvalue weighted by Crippen LogP contribution is 2.39. The molecule has 2 rings (SSSR count). The molecule has 1 aromatic rings. The number of anilines is 1. The van der Waals surface area contributed by atoms with Crippen molar-refractivity contribution < 1.29 is 23.2 Å². The van der Waals surface area contributed by atoms with Crippen LogP contribution in [0.2, 0.25) is 0 Å². The van der Waals surface area contributed by atoms with Crippen molar-refractivity contribution in [2.24, 2.45) is 0 Å². The molecule has 0 amide bonds. The molecule has 0 unspecified atom stereocenters. The molecule has 20 heavy (non-hydrogen) atoms. The average molecular weight is 291 g/mol. The summed E-state index contributed by atoms with van der Waals surface area (Å²) in [7, 11) is 0. The summed E-state index contributed by atoms with van der Waals surface area (Å²) < 4.78 is 37.8. The van der Waals surface area contributed by atoms with Gasteiger partial charge < -0.3 is 10.4 Å². The maximum atomic E-state index is 12.6. The zero-order chi connectivity index (χ0) is 15.0. The first-order chi connectivity index (χ1) is 9.27. The quantitative estimate of drug-likeness (QED) is 0.656. The Kier molecular flexibility index (Phi) is 3.55. The minimum atomic E-state index is -4.68. The van der Waals surface area contributed by atoms with Crippen molar-refractivity contribution in [2.45, 2.75) is 31.0 Å². The van der Waals surface area contributed by atoms with Crippen molar-refractivity contribution >= 4 is 11.4 Å². The van der Waals surface area contributed by atoms with E-state index in [-0.39, 0.29) is 12.3 Å². The summed E-state index contributed by atoms with van der Waals surface area (Å²) in [4.78, 5) is 13.1. The Bertz CT molecular complexity index is 524. The first-order valence-corrected chi connectivity index (χ1v) is 5.88. The van der Waals surface area contributed by atoms with E-state index in [1.54, 1.807) is 0 Å². The molecule has 1 aromatic heterocycles. The van der Waals surface area contributed by atoms with Crippen LogP contribution in [0.1, 0.15) is 25.0 Å². The van der Waals surface area contributed by atoms with Crippen LogP contribution in [-0.2, 0) is 6.18 Å². The van der Waals surface area contributed by atoms with Crippen molar-refractivity contribution in [3.8, 4) is 0 Å². The summed E-state index contributed by atoms with van der Waals surface area (Å²) in [6.45, 7) is -0.298. The van der Waals surface area contributed by atoms with E-state index in [1.165, 1.54) is 0 Å². The van der Waals surface area contributed by atoms with E-state index in [4.69, 9.17) is 0 Å². The smallest absolute Gasteiger partial charge is 0.394 e. The number of pyridine rings is 1. The van der Waals surface area contributed by atoms with E-state index in [9.17, 15) is 28.4 Å². The standard InChI is InChI=1S/C11H12F3N3O3/c12-11(13,14)9-4-7(8(5-15-9)17(19)20)16-10(6-18)2-1-3-10/h4-5,18H,1-3,6H2,(H,15,16). The number of alkyl halides is 3. The van der Waals surface area contributed by atoms with Gasteiger partial charge in [-0.2, -0.15) is 13.2 Å². The van der Waals surface area contributed by atoms with Crippen LogP contribution in [0.4, 0.5) is 24.5 Å². The third-order valence-electron chi connectivity index (χ3n) is 3.38. The average Bonchev–Trinajstić information content (AvgIpc) is 2.32. The second-order valence-electron chi connectivity index (χ2n) is 4.76. The first-order valence-electron chi connectivity index (χ1n) is 5.88. The van der Waals surface area contributed by atoms with Crippen LogP contribution in [0.25, 0.3) is 0 Å². The van der Waals surface area contributed by atoms with Crippen molar-refractivity contribution in [1.29, 1.82) is 0 Å². The normalized spacial score (nSPS) is 17.4. The lowest BCUT2D eigenvalue weighted by Crippen LogP contribution is -2.48. The minimum absolute atomic E-state index is 0.272.